The van der Waals surface area contributed by atoms with Gasteiger partial charge in [-0.05, 0) is 15.9 Å². The Labute approximate surface area is 124 Å². The summed E-state index contributed by atoms with van der Waals surface area (Å²) in [6.07, 6.45) is -2.85. The fraction of sp³-hybridized carbons (Fsp3) is 0.500. The zero-order chi connectivity index (χ0) is 15.4. The van der Waals surface area contributed by atoms with Crippen LogP contribution in [0.3, 0.4) is 0 Å². The number of aromatic nitrogens is 4. The number of nitrogens with zero attached hydrogens (tertiary/aromatic N) is 3. The summed E-state index contributed by atoms with van der Waals surface area (Å²) in [5, 5.41) is 22.8. The lowest BCUT2D eigenvalue weighted by Crippen LogP contribution is -2.37. The van der Waals surface area contributed by atoms with Gasteiger partial charge in [0, 0.05) is 0 Å². The molecule has 0 bridgehead atoms. The molecular formula is C10H11BrFN5O4. The first-order valence-electron chi connectivity index (χ1n) is 5.92. The average Bonchev–Trinajstić information content (AvgIpc) is 2.91. The van der Waals surface area contributed by atoms with Gasteiger partial charge < -0.3 is 20.7 Å². The third-order valence-electron chi connectivity index (χ3n) is 3.27. The number of aliphatic hydroxyl groups is 2. The summed E-state index contributed by atoms with van der Waals surface area (Å²) >= 11 is 2.76. The van der Waals surface area contributed by atoms with E-state index in [1.165, 1.54) is 6.20 Å². The number of hydrogen-bond donors (Lipinski definition) is 4. The molecule has 21 heavy (non-hydrogen) atoms. The average molecular weight is 364 g/mol. The Morgan fingerprint density at radius 2 is 2.38 bits per heavy atom. The second-order valence-electron chi connectivity index (χ2n) is 4.61. The molecule has 2 aromatic rings. The molecule has 0 aromatic carbocycles. The number of nitrogens with two attached hydrogens (primary N) is 1. The summed E-state index contributed by atoms with van der Waals surface area (Å²) in [4.78, 5) is 17.8. The third kappa shape index (κ3) is 2.04. The van der Waals surface area contributed by atoms with Crippen LogP contribution in [0.15, 0.2) is 11.0 Å². The monoisotopic (exact) mass is 363 g/mol. The number of aliphatic hydroxyl groups excluding tert-OH is 2. The minimum absolute atomic E-state index is 0.0807. The van der Waals surface area contributed by atoms with Crippen LogP contribution in [0.2, 0.25) is 0 Å². The molecular weight excluding hydrogens is 353 g/mol. The number of aromatic amines is 1. The van der Waals surface area contributed by atoms with E-state index < -0.39 is 35.1 Å². The largest absolute Gasteiger partial charge is 0.394 e. The van der Waals surface area contributed by atoms with Crippen LogP contribution in [0, 0.1) is 0 Å². The molecule has 1 fully saturated rings. The van der Waals surface area contributed by atoms with Crippen LogP contribution in [0.1, 0.15) is 11.8 Å². The summed E-state index contributed by atoms with van der Waals surface area (Å²) in [6, 6.07) is 0. The van der Waals surface area contributed by atoms with E-state index in [1.807, 2.05) is 0 Å². The molecule has 11 heteroatoms. The van der Waals surface area contributed by atoms with Gasteiger partial charge >= 0.3 is 0 Å². The molecule has 1 saturated heterocycles. The van der Waals surface area contributed by atoms with Gasteiger partial charge in [-0.1, -0.05) is 0 Å². The summed E-state index contributed by atoms with van der Waals surface area (Å²) < 4.78 is 18.6. The molecule has 4 atom stereocenters. The van der Waals surface area contributed by atoms with Crippen LogP contribution >= 0.6 is 15.9 Å². The van der Waals surface area contributed by atoms with Gasteiger partial charge in [0.1, 0.15) is 18.3 Å². The lowest BCUT2D eigenvalue weighted by Gasteiger charge is -2.20. The van der Waals surface area contributed by atoms with Crippen molar-refractivity contribution in [3.8, 4) is 0 Å². The maximum Gasteiger partial charge on any atom is 0.295 e. The SMILES string of the molecule is Nc1nn2c([C@@H]3O[C@H](CO)C(O)[C@]3(F)Br)cnc2c(=O)[nH]1. The molecule has 1 aliphatic rings. The molecule has 2 aromatic heterocycles. The van der Waals surface area contributed by atoms with E-state index in [4.69, 9.17) is 15.6 Å². The highest BCUT2D eigenvalue weighted by Crippen LogP contribution is 2.48. The number of imidazole rings is 1. The molecule has 0 spiro atoms. The Morgan fingerprint density at radius 3 is 3.00 bits per heavy atom. The number of anilines is 1. The second kappa shape index (κ2) is 4.73. The summed E-state index contributed by atoms with van der Waals surface area (Å²) in [7, 11) is 0. The van der Waals surface area contributed by atoms with Gasteiger partial charge in [0.15, 0.2) is 0 Å². The van der Waals surface area contributed by atoms with Crippen molar-refractivity contribution in [2.45, 2.75) is 22.9 Å². The molecule has 0 saturated carbocycles. The van der Waals surface area contributed by atoms with Gasteiger partial charge in [-0.25, -0.2) is 13.9 Å². The minimum atomic E-state index is -2.37. The molecule has 3 heterocycles. The zero-order valence-electron chi connectivity index (χ0n) is 10.4. The molecule has 0 radical (unpaired) electrons. The van der Waals surface area contributed by atoms with Crippen molar-refractivity contribution in [1.82, 2.24) is 19.6 Å². The van der Waals surface area contributed by atoms with Crippen molar-refractivity contribution in [2.24, 2.45) is 0 Å². The second-order valence-corrected chi connectivity index (χ2v) is 5.83. The smallest absolute Gasteiger partial charge is 0.295 e. The minimum Gasteiger partial charge on any atom is -0.394 e. The molecule has 1 aliphatic heterocycles. The Bertz CT molecular complexity index is 747. The van der Waals surface area contributed by atoms with E-state index in [2.05, 4.69) is 31.0 Å². The lowest BCUT2D eigenvalue weighted by molar-refractivity contribution is -0.0241. The molecule has 1 unspecified atom stereocenters. The van der Waals surface area contributed by atoms with Crippen molar-refractivity contribution in [1.29, 1.82) is 0 Å². The topological polar surface area (TPSA) is 139 Å². The van der Waals surface area contributed by atoms with E-state index in [0.717, 1.165) is 4.52 Å². The predicted molar refractivity (Wildman–Crippen MR) is 71.5 cm³/mol. The normalized spacial score (nSPS) is 32.9. The molecule has 5 N–H and O–H groups in total. The Hall–Kier alpha value is -1.56. The van der Waals surface area contributed by atoms with Crippen LogP contribution in [0.5, 0.6) is 0 Å². The summed E-state index contributed by atoms with van der Waals surface area (Å²) in [5.41, 5.74) is 4.85. The van der Waals surface area contributed by atoms with E-state index in [9.17, 15) is 14.3 Å². The quantitative estimate of drug-likeness (QED) is 0.494. The van der Waals surface area contributed by atoms with E-state index in [-0.39, 0.29) is 17.3 Å². The van der Waals surface area contributed by atoms with Crippen LogP contribution in [-0.2, 0) is 4.74 Å². The van der Waals surface area contributed by atoms with Crippen LogP contribution in [0.4, 0.5) is 10.3 Å². The number of rotatable bonds is 2. The van der Waals surface area contributed by atoms with Crippen molar-refractivity contribution in [3.63, 3.8) is 0 Å². The number of hydrogen-bond acceptors (Lipinski definition) is 7. The fourth-order valence-corrected chi connectivity index (χ4v) is 2.89. The number of ether oxygens (including phenoxy) is 1. The van der Waals surface area contributed by atoms with Gasteiger partial charge in [-0.15, -0.1) is 5.10 Å². The molecule has 0 aliphatic carbocycles. The summed E-state index contributed by atoms with van der Waals surface area (Å²) in [6.45, 7) is -0.568. The number of nitrogen functional groups attached to an aromatic ring is 1. The zero-order valence-corrected chi connectivity index (χ0v) is 12.0. The Balaban J connectivity index is 2.15. The van der Waals surface area contributed by atoms with Crippen molar-refractivity contribution >= 4 is 27.5 Å². The van der Waals surface area contributed by atoms with Crippen molar-refractivity contribution in [3.05, 3.63) is 22.2 Å². The molecule has 3 rings (SSSR count). The van der Waals surface area contributed by atoms with E-state index in [0.29, 0.717) is 0 Å². The molecule has 9 nitrogen and oxygen atoms in total. The number of fused-ring (bicyclic) bond motifs is 1. The standard InChI is InChI=1S/C10H11BrFN5O4/c11-10(12)5(19)4(2-18)21-6(10)3-1-14-7-8(20)15-9(13)16-17(3)7/h1,4-6,18-19H,2H2,(H3,13,15,16,20)/t4-,5?,6+,10-/m1/s1. The number of alkyl halides is 2. The highest BCUT2D eigenvalue weighted by atomic mass is 79.9. The number of halogens is 2. The Morgan fingerprint density at radius 1 is 1.67 bits per heavy atom. The summed E-state index contributed by atoms with van der Waals surface area (Å²) in [5.74, 6) is -0.178. The third-order valence-corrected chi connectivity index (χ3v) is 4.16. The van der Waals surface area contributed by atoms with Gasteiger partial charge in [-0.2, -0.15) is 0 Å². The van der Waals surface area contributed by atoms with Crippen molar-refractivity contribution < 1.29 is 19.3 Å². The number of H-pyrrole nitrogens is 1. The first-order chi connectivity index (χ1) is 9.86. The van der Waals surface area contributed by atoms with Gasteiger partial charge in [0.2, 0.25) is 16.2 Å². The van der Waals surface area contributed by atoms with Crippen LogP contribution in [0.25, 0.3) is 5.65 Å². The highest BCUT2D eigenvalue weighted by molar-refractivity contribution is 9.10. The van der Waals surface area contributed by atoms with Gasteiger partial charge in [0.05, 0.1) is 18.5 Å². The first kappa shape index (κ1) is 14.4. The fourth-order valence-electron chi connectivity index (χ4n) is 2.26. The van der Waals surface area contributed by atoms with Crippen LogP contribution in [-0.4, -0.2) is 53.2 Å². The van der Waals surface area contributed by atoms with Crippen LogP contribution < -0.4 is 11.3 Å². The molecule has 0 amide bonds. The maximum atomic E-state index is 14.6. The molecule has 114 valence electrons. The highest BCUT2D eigenvalue weighted by Gasteiger charge is 2.57. The van der Waals surface area contributed by atoms with Gasteiger partial charge in [-0.3, -0.25) is 9.78 Å². The van der Waals surface area contributed by atoms with Crippen molar-refractivity contribution in [2.75, 3.05) is 12.3 Å². The predicted octanol–water partition coefficient (Wildman–Crippen LogP) is -1.15. The first-order valence-corrected chi connectivity index (χ1v) is 6.71. The van der Waals surface area contributed by atoms with E-state index >= 15 is 0 Å². The Kier molecular flexibility index (Phi) is 3.24. The lowest BCUT2D eigenvalue weighted by atomic mass is 10.1. The maximum absolute atomic E-state index is 14.6. The van der Waals surface area contributed by atoms with E-state index in [1.54, 1.807) is 0 Å². The number of nitrogens with one attached hydrogen (secondary N) is 1. The van der Waals surface area contributed by atoms with Gasteiger partial charge in [0.25, 0.3) is 5.56 Å².